The summed E-state index contributed by atoms with van der Waals surface area (Å²) in [6.07, 6.45) is 0. The SMILES string of the molecule is COCCN(C)CCNS(=O)(=O)c1sccc1Br. The summed E-state index contributed by atoms with van der Waals surface area (Å²) in [7, 11) is 0.169. The van der Waals surface area contributed by atoms with E-state index in [0.717, 1.165) is 6.54 Å². The van der Waals surface area contributed by atoms with Gasteiger partial charge in [-0.15, -0.1) is 11.3 Å². The van der Waals surface area contributed by atoms with Crippen LogP contribution in [0, 0.1) is 0 Å². The van der Waals surface area contributed by atoms with E-state index in [1.165, 1.54) is 11.3 Å². The molecule has 0 bridgehead atoms. The van der Waals surface area contributed by atoms with Gasteiger partial charge in [-0.1, -0.05) is 0 Å². The van der Waals surface area contributed by atoms with E-state index in [9.17, 15) is 8.42 Å². The fraction of sp³-hybridized carbons (Fsp3) is 0.600. The predicted octanol–water partition coefficient (Wildman–Crippen LogP) is 1.37. The molecule has 5 nitrogen and oxygen atoms in total. The number of sulfonamides is 1. The Morgan fingerprint density at radius 1 is 1.50 bits per heavy atom. The number of thiophene rings is 1. The van der Waals surface area contributed by atoms with E-state index in [0.29, 0.717) is 28.4 Å². The van der Waals surface area contributed by atoms with E-state index in [1.807, 2.05) is 11.9 Å². The van der Waals surface area contributed by atoms with Crippen molar-refractivity contribution in [2.24, 2.45) is 0 Å². The lowest BCUT2D eigenvalue weighted by Gasteiger charge is -2.16. The molecular weight excluding hydrogens is 340 g/mol. The predicted molar refractivity (Wildman–Crippen MR) is 76.6 cm³/mol. The lowest BCUT2D eigenvalue weighted by atomic mass is 10.5. The van der Waals surface area contributed by atoms with Crippen molar-refractivity contribution >= 4 is 37.3 Å². The van der Waals surface area contributed by atoms with Crippen LogP contribution >= 0.6 is 27.3 Å². The van der Waals surface area contributed by atoms with Crippen LogP contribution in [-0.2, 0) is 14.8 Å². The molecular formula is C10H17BrN2O3S2. The van der Waals surface area contributed by atoms with Gasteiger partial charge in [-0.25, -0.2) is 13.1 Å². The van der Waals surface area contributed by atoms with Crippen molar-refractivity contribution in [3.05, 3.63) is 15.9 Å². The number of likely N-dealkylation sites (N-methyl/N-ethyl adjacent to an activating group) is 1. The fourth-order valence-corrected chi connectivity index (χ4v) is 4.67. The van der Waals surface area contributed by atoms with E-state index >= 15 is 0 Å². The third-order valence-electron chi connectivity index (χ3n) is 2.29. The highest BCUT2D eigenvalue weighted by Crippen LogP contribution is 2.27. The quantitative estimate of drug-likeness (QED) is 0.764. The third-order valence-corrected chi connectivity index (χ3v) is 6.42. The van der Waals surface area contributed by atoms with Crippen LogP contribution in [-0.4, -0.2) is 53.7 Å². The number of hydrogen-bond donors (Lipinski definition) is 1. The standard InChI is InChI=1S/C10H17BrN2O3S2/c1-13(6-7-16-2)5-4-12-18(14,15)10-9(11)3-8-17-10/h3,8,12H,4-7H2,1-2H3. The summed E-state index contributed by atoms with van der Waals surface area (Å²) in [5.74, 6) is 0. The molecule has 0 unspecified atom stereocenters. The first-order valence-electron chi connectivity index (χ1n) is 5.37. The summed E-state index contributed by atoms with van der Waals surface area (Å²) in [6.45, 7) is 2.44. The van der Waals surface area contributed by atoms with Crippen LogP contribution in [0.5, 0.6) is 0 Å². The van der Waals surface area contributed by atoms with Crippen LogP contribution in [0.4, 0.5) is 0 Å². The van der Waals surface area contributed by atoms with Gasteiger partial charge in [0, 0.05) is 31.2 Å². The molecule has 1 rings (SSSR count). The summed E-state index contributed by atoms with van der Waals surface area (Å²) < 4.78 is 32.3. The van der Waals surface area contributed by atoms with E-state index in [2.05, 4.69) is 20.7 Å². The van der Waals surface area contributed by atoms with Crippen LogP contribution in [0.15, 0.2) is 20.1 Å². The van der Waals surface area contributed by atoms with Crippen molar-refractivity contribution in [3.8, 4) is 0 Å². The van der Waals surface area contributed by atoms with E-state index in [-0.39, 0.29) is 0 Å². The molecule has 8 heteroatoms. The molecule has 0 saturated heterocycles. The maximum absolute atomic E-state index is 11.9. The minimum atomic E-state index is -3.40. The second-order valence-corrected chi connectivity index (χ2v) is 7.48. The molecule has 0 saturated carbocycles. The summed E-state index contributed by atoms with van der Waals surface area (Å²) in [4.78, 5) is 2.01. The highest BCUT2D eigenvalue weighted by Gasteiger charge is 2.18. The van der Waals surface area contributed by atoms with Gasteiger partial charge in [-0.3, -0.25) is 0 Å². The number of methoxy groups -OCH3 is 1. The van der Waals surface area contributed by atoms with Crippen molar-refractivity contribution in [3.63, 3.8) is 0 Å². The number of halogens is 1. The zero-order valence-corrected chi connectivity index (χ0v) is 13.6. The highest BCUT2D eigenvalue weighted by atomic mass is 79.9. The molecule has 1 aromatic rings. The number of rotatable bonds is 8. The summed E-state index contributed by atoms with van der Waals surface area (Å²) >= 11 is 4.42. The van der Waals surface area contributed by atoms with Gasteiger partial charge in [0.25, 0.3) is 10.0 Å². The number of ether oxygens (including phenoxy) is 1. The Morgan fingerprint density at radius 3 is 2.78 bits per heavy atom. The van der Waals surface area contributed by atoms with Crippen molar-refractivity contribution in [2.45, 2.75) is 4.21 Å². The molecule has 1 heterocycles. The second kappa shape index (κ2) is 7.56. The minimum Gasteiger partial charge on any atom is -0.383 e. The molecule has 0 fully saturated rings. The Morgan fingerprint density at radius 2 is 2.22 bits per heavy atom. The smallest absolute Gasteiger partial charge is 0.251 e. The largest absolute Gasteiger partial charge is 0.383 e. The molecule has 1 N–H and O–H groups in total. The molecule has 0 radical (unpaired) electrons. The van der Waals surface area contributed by atoms with Crippen molar-refractivity contribution in [1.29, 1.82) is 0 Å². The summed E-state index contributed by atoms with van der Waals surface area (Å²) in [5, 5.41) is 1.74. The van der Waals surface area contributed by atoms with Gasteiger partial charge in [0.15, 0.2) is 0 Å². The topological polar surface area (TPSA) is 58.6 Å². The maximum atomic E-state index is 11.9. The van der Waals surface area contributed by atoms with Crippen LogP contribution in [0.1, 0.15) is 0 Å². The molecule has 0 aliphatic carbocycles. The van der Waals surface area contributed by atoms with E-state index in [1.54, 1.807) is 18.6 Å². The van der Waals surface area contributed by atoms with Crippen molar-refractivity contribution in [2.75, 3.05) is 40.4 Å². The van der Waals surface area contributed by atoms with Gasteiger partial charge in [-0.05, 0) is 34.4 Å². The molecule has 0 atom stereocenters. The maximum Gasteiger partial charge on any atom is 0.251 e. The van der Waals surface area contributed by atoms with Crippen molar-refractivity contribution in [1.82, 2.24) is 9.62 Å². The lowest BCUT2D eigenvalue weighted by Crippen LogP contribution is -2.34. The van der Waals surface area contributed by atoms with Gasteiger partial charge in [0.1, 0.15) is 4.21 Å². The first-order valence-corrected chi connectivity index (χ1v) is 8.53. The van der Waals surface area contributed by atoms with Gasteiger partial charge < -0.3 is 9.64 Å². The summed E-state index contributed by atoms with van der Waals surface area (Å²) in [6, 6.07) is 1.73. The molecule has 0 aromatic carbocycles. The van der Waals surface area contributed by atoms with Crippen LogP contribution in [0.3, 0.4) is 0 Å². The molecule has 0 aliphatic rings. The Kier molecular flexibility index (Phi) is 6.75. The first-order chi connectivity index (χ1) is 8.47. The minimum absolute atomic E-state index is 0.321. The Balaban J connectivity index is 2.42. The highest BCUT2D eigenvalue weighted by molar-refractivity contribution is 9.10. The average molecular weight is 357 g/mol. The number of nitrogens with zero attached hydrogens (tertiary/aromatic N) is 1. The Bertz CT molecular complexity index is 461. The van der Waals surface area contributed by atoms with Gasteiger partial charge in [0.05, 0.1) is 6.61 Å². The molecule has 0 spiro atoms. The van der Waals surface area contributed by atoms with E-state index < -0.39 is 10.0 Å². The Labute approximate surface area is 120 Å². The zero-order chi connectivity index (χ0) is 13.6. The molecule has 0 aliphatic heterocycles. The van der Waals surface area contributed by atoms with Gasteiger partial charge in [0.2, 0.25) is 0 Å². The fourth-order valence-electron chi connectivity index (χ4n) is 1.27. The first kappa shape index (κ1) is 16.1. The van der Waals surface area contributed by atoms with Gasteiger partial charge >= 0.3 is 0 Å². The van der Waals surface area contributed by atoms with E-state index in [4.69, 9.17) is 4.74 Å². The number of nitrogens with one attached hydrogen (secondary N) is 1. The summed E-state index contributed by atoms with van der Waals surface area (Å²) in [5.41, 5.74) is 0. The monoisotopic (exact) mass is 356 g/mol. The third kappa shape index (κ3) is 4.94. The van der Waals surface area contributed by atoms with Crippen molar-refractivity contribution < 1.29 is 13.2 Å². The molecule has 1 aromatic heterocycles. The molecule has 0 amide bonds. The van der Waals surface area contributed by atoms with Crippen LogP contribution in [0.2, 0.25) is 0 Å². The average Bonchev–Trinajstić information content (AvgIpc) is 2.73. The Hall–Kier alpha value is 0.01000. The molecule has 104 valence electrons. The van der Waals surface area contributed by atoms with Gasteiger partial charge in [-0.2, -0.15) is 0 Å². The zero-order valence-electron chi connectivity index (χ0n) is 10.3. The molecule has 18 heavy (non-hydrogen) atoms. The van der Waals surface area contributed by atoms with Crippen LogP contribution in [0.25, 0.3) is 0 Å². The lowest BCUT2D eigenvalue weighted by molar-refractivity contribution is 0.162. The van der Waals surface area contributed by atoms with Crippen LogP contribution < -0.4 is 4.72 Å². The second-order valence-electron chi connectivity index (χ2n) is 3.75. The normalized spacial score (nSPS) is 12.2. The number of hydrogen-bond acceptors (Lipinski definition) is 5.